The van der Waals surface area contributed by atoms with E-state index >= 15 is 0 Å². The zero-order chi connectivity index (χ0) is 23.6. The van der Waals surface area contributed by atoms with Gasteiger partial charge in [0.1, 0.15) is 30.2 Å². The van der Waals surface area contributed by atoms with Crippen LogP contribution in [0.15, 0.2) is 42.5 Å². The van der Waals surface area contributed by atoms with Crippen molar-refractivity contribution in [2.45, 2.75) is 36.9 Å². The average Bonchev–Trinajstić information content (AvgIpc) is 2.78. The summed E-state index contributed by atoms with van der Waals surface area (Å²) in [6.07, 6.45) is -13.3. The Morgan fingerprint density at radius 1 is 1.03 bits per heavy atom. The van der Waals surface area contributed by atoms with Crippen LogP contribution in [-0.2, 0) is 15.7 Å². The molecule has 174 valence electrons. The van der Waals surface area contributed by atoms with Crippen molar-refractivity contribution in [1.29, 1.82) is 0 Å². The summed E-state index contributed by atoms with van der Waals surface area (Å²) in [7, 11) is 1.18. The molecule has 0 radical (unpaired) electrons. The fourth-order valence-corrected chi connectivity index (χ4v) is 3.27. The highest BCUT2D eigenvalue weighted by Crippen LogP contribution is 2.40. The maximum Gasteiger partial charge on any atom is 0.419 e. The van der Waals surface area contributed by atoms with Crippen LogP contribution < -0.4 is 4.74 Å². The lowest BCUT2D eigenvalue weighted by Crippen LogP contribution is -2.60. The molecule has 0 aliphatic carbocycles. The Balaban J connectivity index is 1.96. The first-order valence-corrected chi connectivity index (χ1v) is 9.44. The van der Waals surface area contributed by atoms with Gasteiger partial charge < -0.3 is 34.6 Å². The predicted molar refractivity (Wildman–Crippen MR) is 103 cm³/mol. The van der Waals surface area contributed by atoms with Crippen LogP contribution in [0.4, 0.5) is 13.2 Å². The normalized spacial score (nSPS) is 25.9. The number of halogens is 3. The summed E-state index contributed by atoms with van der Waals surface area (Å²) in [5.74, 6) is -1.35. The van der Waals surface area contributed by atoms with Crippen LogP contribution in [0.25, 0.3) is 11.1 Å². The van der Waals surface area contributed by atoms with E-state index in [2.05, 4.69) is 4.74 Å². The number of carbonyl (C=O) groups is 1. The van der Waals surface area contributed by atoms with Gasteiger partial charge in [0, 0.05) is 0 Å². The number of ether oxygens (including phenoxy) is 3. The lowest BCUT2D eigenvalue weighted by atomic mass is 9.99. The predicted octanol–water partition coefficient (Wildman–Crippen LogP) is 1.34. The van der Waals surface area contributed by atoms with Crippen molar-refractivity contribution in [1.82, 2.24) is 0 Å². The molecule has 8 nitrogen and oxygen atoms in total. The molecular formula is C21H21F3O8. The van der Waals surface area contributed by atoms with Crippen molar-refractivity contribution in [2.75, 3.05) is 13.7 Å². The molecule has 1 unspecified atom stereocenters. The molecule has 1 aliphatic heterocycles. The second-order valence-corrected chi connectivity index (χ2v) is 7.10. The lowest BCUT2D eigenvalue weighted by Gasteiger charge is -2.39. The average molecular weight is 458 g/mol. The van der Waals surface area contributed by atoms with Gasteiger partial charge in [0.2, 0.25) is 6.29 Å². The maximum atomic E-state index is 13.8. The lowest BCUT2D eigenvalue weighted by molar-refractivity contribution is -0.278. The van der Waals surface area contributed by atoms with Gasteiger partial charge in [-0.05, 0) is 35.4 Å². The second-order valence-electron chi connectivity index (χ2n) is 7.10. The van der Waals surface area contributed by atoms with E-state index in [4.69, 9.17) is 9.47 Å². The highest BCUT2D eigenvalue weighted by atomic mass is 19.4. The standard InChI is InChI=1S/C21H21F3O8/c1-30-19(29)12-4-2-3-10(7-12)11-5-6-14(13(8-11)21(22,23)24)31-20-18(28)17(27)16(26)15(9-25)32-20/h2-8,15-18,20,25-28H,9H2,1H3/t15-,16+,17-,18+,20?/m0/s1. The molecule has 1 saturated heterocycles. The van der Waals surface area contributed by atoms with Gasteiger partial charge in [-0.1, -0.05) is 18.2 Å². The molecule has 5 atom stereocenters. The van der Waals surface area contributed by atoms with Gasteiger partial charge in [-0.3, -0.25) is 0 Å². The van der Waals surface area contributed by atoms with E-state index in [0.29, 0.717) is 5.56 Å². The molecule has 4 N–H and O–H groups in total. The monoisotopic (exact) mass is 458 g/mol. The van der Waals surface area contributed by atoms with Gasteiger partial charge in [0.15, 0.2) is 0 Å². The number of benzene rings is 2. The van der Waals surface area contributed by atoms with Gasteiger partial charge >= 0.3 is 12.1 Å². The molecule has 3 rings (SSSR count). The Kier molecular flexibility index (Phi) is 7.06. The molecule has 0 spiro atoms. The molecule has 1 heterocycles. The Morgan fingerprint density at radius 3 is 2.34 bits per heavy atom. The van der Waals surface area contributed by atoms with Crippen LogP contribution >= 0.6 is 0 Å². The largest absolute Gasteiger partial charge is 0.465 e. The Hall–Kier alpha value is -2.70. The molecule has 2 aromatic carbocycles. The summed E-state index contributed by atoms with van der Waals surface area (Å²) < 4.78 is 56.2. The minimum absolute atomic E-state index is 0.129. The van der Waals surface area contributed by atoms with E-state index < -0.39 is 60.8 Å². The zero-order valence-corrected chi connectivity index (χ0v) is 16.7. The van der Waals surface area contributed by atoms with Crippen molar-refractivity contribution in [3.63, 3.8) is 0 Å². The summed E-state index contributed by atoms with van der Waals surface area (Å²) in [6, 6.07) is 8.95. The van der Waals surface area contributed by atoms with Crippen molar-refractivity contribution in [3.05, 3.63) is 53.6 Å². The van der Waals surface area contributed by atoms with Crippen LogP contribution in [0, 0.1) is 0 Å². The van der Waals surface area contributed by atoms with E-state index in [1.54, 1.807) is 0 Å². The highest BCUT2D eigenvalue weighted by Gasteiger charge is 2.45. The molecule has 11 heteroatoms. The molecule has 2 aromatic rings. The minimum Gasteiger partial charge on any atom is -0.465 e. The third-order valence-electron chi connectivity index (χ3n) is 4.99. The fraction of sp³-hybridized carbons (Fsp3) is 0.381. The summed E-state index contributed by atoms with van der Waals surface area (Å²) in [4.78, 5) is 11.7. The van der Waals surface area contributed by atoms with Crippen LogP contribution in [0.1, 0.15) is 15.9 Å². The Bertz CT molecular complexity index is 962. The number of hydrogen-bond acceptors (Lipinski definition) is 8. The molecule has 0 saturated carbocycles. The summed E-state index contributed by atoms with van der Waals surface area (Å²) >= 11 is 0. The van der Waals surface area contributed by atoms with E-state index in [1.807, 2.05) is 0 Å². The Morgan fingerprint density at radius 2 is 1.72 bits per heavy atom. The van der Waals surface area contributed by atoms with E-state index in [-0.39, 0.29) is 11.1 Å². The molecule has 0 amide bonds. The van der Waals surface area contributed by atoms with Gasteiger partial charge in [-0.2, -0.15) is 13.2 Å². The summed E-state index contributed by atoms with van der Waals surface area (Å²) in [5.41, 5.74) is -0.599. The van der Waals surface area contributed by atoms with Crippen molar-refractivity contribution in [3.8, 4) is 16.9 Å². The molecule has 1 aliphatic rings. The van der Waals surface area contributed by atoms with Gasteiger partial charge in [-0.25, -0.2) is 4.79 Å². The molecule has 32 heavy (non-hydrogen) atoms. The van der Waals surface area contributed by atoms with Crippen molar-refractivity contribution in [2.24, 2.45) is 0 Å². The van der Waals surface area contributed by atoms with E-state index in [1.165, 1.54) is 37.4 Å². The third kappa shape index (κ3) is 4.87. The number of carbonyl (C=O) groups excluding carboxylic acids is 1. The van der Waals surface area contributed by atoms with Crippen molar-refractivity contribution >= 4 is 5.97 Å². The second kappa shape index (κ2) is 9.43. The maximum absolute atomic E-state index is 13.8. The van der Waals surface area contributed by atoms with Crippen LogP contribution in [0.5, 0.6) is 5.75 Å². The number of esters is 1. The topological polar surface area (TPSA) is 126 Å². The first kappa shape index (κ1) is 24.0. The van der Waals surface area contributed by atoms with Gasteiger partial charge in [0.25, 0.3) is 0 Å². The molecular weight excluding hydrogens is 437 g/mol. The first-order valence-electron chi connectivity index (χ1n) is 9.44. The summed E-state index contributed by atoms with van der Waals surface area (Å²) in [6.45, 7) is -0.758. The number of rotatable bonds is 5. The van der Waals surface area contributed by atoms with Crippen molar-refractivity contribution < 1.29 is 52.6 Å². The number of methoxy groups -OCH3 is 1. The number of alkyl halides is 3. The fourth-order valence-electron chi connectivity index (χ4n) is 3.27. The number of aliphatic hydroxyl groups is 4. The smallest absolute Gasteiger partial charge is 0.419 e. The highest BCUT2D eigenvalue weighted by molar-refractivity contribution is 5.91. The van der Waals surface area contributed by atoms with Gasteiger partial charge in [-0.15, -0.1) is 0 Å². The first-order chi connectivity index (χ1) is 15.1. The summed E-state index contributed by atoms with van der Waals surface area (Å²) in [5, 5.41) is 38.9. The molecule has 0 aromatic heterocycles. The van der Waals surface area contributed by atoms with Crippen LogP contribution in [-0.4, -0.2) is 70.8 Å². The Labute approximate surface area is 180 Å². The minimum atomic E-state index is -4.86. The molecule has 0 bridgehead atoms. The van der Waals surface area contributed by atoms with E-state index in [9.17, 15) is 38.4 Å². The zero-order valence-electron chi connectivity index (χ0n) is 16.7. The molecule has 1 fully saturated rings. The van der Waals surface area contributed by atoms with Gasteiger partial charge in [0.05, 0.1) is 24.8 Å². The third-order valence-corrected chi connectivity index (χ3v) is 4.99. The van der Waals surface area contributed by atoms with E-state index in [0.717, 1.165) is 12.1 Å². The van der Waals surface area contributed by atoms with Crippen LogP contribution in [0.2, 0.25) is 0 Å². The SMILES string of the molecule is COC(=O)c1cccc(-c2ccc(OC3O[C@@H](CO)[C@@H](O)[C@H](O)[C@H]3O)c(C(F)(F)F)c2)c1. The van der Waals surface area contributed by atoms with Crippen LogP contribution in [0.3, 0.4) is 0 Å². The number of aliphatic hydroxyl groups excluding tert-OH is 4. The number of hydrogen-bond donors (Lipinski definition) is 4. The quantitative estimate of drug-likeness (QED) is 0.495.